The van der Waals surface area contributed by atoms with E-state index in [-0.39, 0.29) is 5.91 Å². The maximum atomic E-state index is 12.4. The van der Waals surface area contributed by atoms with E-state index in [1.54, 1.807) is 43.1 Å². The smallest absolute Gasteiger partial charge is 0.270 e. The molecule has 1 fully saturated rings. The molecule has 8 nitrogen and oxygen atoms in total. The summed E-state index contributed by atoms with van der Waals surface area (Å²) in [5, 5.41) is 2.85. The number of rotatable bonds is 5. The molecule has 0 spiro atoms. The topological polar surface area (TPSA) is 101 Å². The summed E-state index contributed by atoms with van der Waals surface area (Å²) in [7, 11) is -1.92. The number of hydrogen-bond acceptors (Lipinski definition) is 7. The fourth-order valence-corrected chi connectivity index (χ4v) is 4.42. The van der Waals surface area contributed by atoms with Crippen LogP contribution in [-0.2, 0) is 16.1 Å². The van der Waals surface area contributed by atoms with Gasteiger partial charge in [-0.15, -0.1) is 0 Å². The molecule has 0 aliphatic carbocycles. The van der Waals surface area contributed by atoms with E-state index < -0.39 is 9.52 Å². The van der Waals surface area contributed by atoms with Crippen LogP contribution in [0, 0.1) is 0 Å². The molecule has 0 bridgehead atoms. The summed E-state index contributed by atoms with van der Waals surface area (Å²) >= 11 is 0. The van der Waals surface area contributed by atoms with E-state index in [1.165, 1.54) is 0 Å². The number of aromatic nitrogens is 4. The minimum Gasteiger partial charge on any atom is -0.355 e. The molecule has 1 saturated heterocycles. The summed E-state index contributed by atoms with van der Waals surface area (Å²) in [6.07, 6.45) is 8.22. The second-order valence-electron chi connectivity index (χ2n) is 7.09. The SMILES string of the molecule is C=S1(=O)CCN(c2ccc(CNC(=O)c3ccc(-c4cnccn4)cn3)cn2)CC1. The molecule has 3 aromatic rings. The first-order valence-corrected chi connectivity index (χ1v) is 11.6. The minimum atomic E-state index is -1.92. The molecular formula is C21H22N6O2S. The lowest BCUT2D eigenvalue weighted by Crippen LogP contribution is -2.40. The van der Waals surface area contributed by atoms with Crippen molar-refractivity contribution < 1.29 is 9.00 Å². The Balaban J connectivity index is 1.33. The predicted molar refractivity (Wildman–Crippen MR) is 118 cm³/mol. The van der Waals surface area contributed by atoms with E-state index in [2.05, 4.69) is 36.0 Å². The molecule has 0 unspecified atom stereocenters. The van der Waals surface area contributed by atoms with Crippen LogP contribution in [0.5, 0.6) is 0 Å². The maximum Gasteiger partial charge on any atom is 0.270 e. The Bertz CT molecular complexity index is 1100. The normalized spacial score (nSPS) is 15.5. The highest BCUT2D eigenvalue weighted by Crippen LogP contribution is 2.16. The van der Waals surface area contributed by atoms with Crippen molar-refractivity contribution in [3.63, 3.8) is 0 Å². The Hall–Kier alpha value is -3.33. The number of nitrogens with zero attached hydrogens (tertiary/aromatic N) is 5. The van der Waals surface area contributed by atoms with Crippen LogP contribution in [0.25, 0.3) is 11.3 Å². The van der Waals surface area contributed by atoms with Crippen LogP contribution in [0.4, 0.5) is 5.82 Å². The van der Waals surface area contributed by atoms with Crippen LogP contribution in [0.3, 0.4) is 0 Å². The molecule has 9 heteroatoms. The Kier molecular flexibility index (Phi) is 5.71. The van der Waals surface area contributed by atoms with Gasteiger partial charge >= 0.3 is 0 Å². The second-order valence-corrected chi connectivity index (χ2v) is 9.84. The molecular weight excluding hydrogens is 400 g/mol. The lowest BCUT2D eigenvalue weighted by atomic mass is 10.2. The van der Waals surface area contributed by atoms with Gasteiger partial charge in [0.1, 0.15) is 11.5 Å². The molecule has 1 aliphatic heterocycles. The molecule has 0 radical (unpaired) electrons. The van der Waals surface area contributed by atoms with E-state index in [9.17, 15) is 9.00 Å². The van der Waals surface area contributed by atoms with Gasteiger partial charge in [0.05, 0.1) is 11.9 Å². The average Bonchev–Trinajstić information content (AvgIpc) is 2.79. The van der Waals surface area contributed by atoms with E-state index in [1.807, 2.05) is 12.1 Å². The summed E-state index contributed by atoms with van der Waals surface area (Å²) in [6.45, 7) is 1.75. The molecule has 1 aliphatic rings. The van der Waals surface area contributed by atoms with Gasteiger partial charge in [0.2, 0.25) is 0 Å². The van der Waals surface area contributed by atoms with Crippen molar-refractivity contribution in [1.82, 2.24) is 25.3 Å². The first-order chi connectivity index (χ1) is 14.5. The van der Waals surface area contributed by atoms with Gasteiger partial charge in [-0.05, 0) is 39.2 Å². The zero-order chi connectivity index (χ0) is 21.0. The quantitative estimate of drug-likeness (QED) is 0.620. The summed E-state index contributed by atoms with van der Waals surface area (Å²) in [5.74, 6) is 5.56. The molecule has 0 aromatic carbocycles. The van der Waals surface area contributed by atoms with E-state index in [0.717, 1.165) is 16.9 Å². The van der Waals surface area contributed by atoms with E-state index in [4.69, 9.17) is 0 Å². The zero-order valence-corrected chi connectivity index (χ0v) is 17.2. The molecule has 4 heterocycles. The highest BCUT2D eigenvalue weighted by atomic mass is 32.2. The Morgan fingerprint density at radius 1 is 1.03 bits per heavy atom. The van der Waals surface area contributed by atoms with Gasteiger partial charge in [0.25, 0.3) is 5.91 Å². The number of pyridine rings is 2. The average molecular weight is 423 g/mol. The summed E-state index contributed by atoms with van der Waals surface area (Å²) < 4.78 is 12.0. The van der Waals surface area contributed by atoms with Crippen molar-refractivity contribution in [2.24, 2.45) is 0 Å². The molecule has 0 saturated carbocycles. The van der Waals surface area contributed by atoms with Gasteiger partial charge in [0.15, 0.2) is 0 Å². The first-order valence-electron chi connectivity index (χ1n) is 9.53. The summed E-state index contributed by atoms with van der Waals surface area (Å²) in [5.41, 5.74) is 2.72. The van der Waals surface area contributed by atoms with Crippen LogP contribution in [-0.4, -0.2) is 60.5 Å². The summed E-state index contributed by atoms with van der Waals surface area (Å²) in [4.78, 5) is 31.4. The monoisotopic (exact) mass is 422 g/mol. The van der Waals surface area contributed by atoms with Gasteiger partial charge in [-0.25, -0.2) is 4.98 Å². The summed E-state index contributed by atoms with van der Waals surface area (Å²) in [6, 6.07) is 7.32. The molecule has 1 N–H and O–H groups in total. The Labute approximate surface area is 175 Å². The van der Waals surface area contributed by atoms with Gasteiger partial charge < -0.3 is 10.2 Å². The molecule has 30 heavy (non-hydrogen) atoms. The van der Waals surface area contributed by atoms with Crippen molar-refractivity contribution in [3.05, 3.63) is 66.5 Å². The van der Waals surface area contributed by atoms with Crippen molar-refractivity contribution >= 4 is 27.1 Å². The molecule has 0 atom stereocenters. The number of nitrogens with one attached hydrogen (secondary N) is 1. The zero-order valence-electron chi connectivity index (χ0n) is 16.4. The molecule has 4 rings (SSSR count). The highest BCUT2D eigenvalue weighted by molar-refractivity contribution is 8.00. The third-order valence-electron chi connectivity index (χ3n) is 4.91. The highest BCUT2D eigenvalue weighted by Gasteiger charge is 2.18. The third kappa shape index (κ3) is 4.80. The van der Waals surface area contributed by atoms with Crippen molar-refractivity contribution in [3.8, 4) is 11.3 Å². The van der Waals surface area contributed by atoms with E-state index >= 15 is 0 Å². The minimum absolute atomic E-state index is 0.258. The molecule has 1 amide bonds. The van der Waals surface area contributed by atoms with E-state index in [0.29, 0.717) is 42.5 Å². The van der Waals surface area contributed by atoms with Crippen LogP contribution in [0.1, 0.15) is 16.1 Å². The van der Waals surface area contributed by atoms with Crippen LogP contribution in [0.15, 0.2) is 55.2 Å². The number of amides is 1. The van der Waals surface area contributed by atoms with Gasteiger partial charge in [0, 0.05) is 61.5 Å². The van der Waals surface area contributed by atoms with Gasteiger partial charge in [-0.3, -0.25) is 24.0 Å². The van der Waals surface area contributed by atoms with Crippen molar-refractivity contribution in [1.29, 1.82) is 0 Å². The second kappa shape index (κ2) is 8.58. The standard InChI is InChI=1S/C21H22N6O2S/c1-30(29)10-8-27(9-11-30)20-5-2-16(12-25-20)13-26-21(28)18-4-3-17(14-24-18)19-15-22-6-7-23-19/h2-7,12,14-15H,1,8-11,13H2,(H,26,28). The van der Waals surface area contributed by atoms with Crippen LogP contribution >= 0.6 is 0 Å². The number of carbonyl (C=O) groups excluding carboxylic acids is 1. The first kappa shape index (κ1) is 20.0. The third-order valence-corrected chi connectivity index (χ3v) is 6.76. The van der Waals surface area contributed by atoms with Crippen molar-refractivity contribution in [2.45, 2.75) is 6.54 Å². The molecule has 3 aromatic heterocycles. The lowest BCUT2D eigenvalue weighted by Gasteiger charge is -2.29. The predicted octanol–water partition coefficient (Wildman–Crippen LogP) is 1.40. The Morgan fingerprint density at radius 3 is 2.50 bits per heavy atom. The van der Waals surface area contributed by atoms with Crippen LogP contribution < -0.4 is 10.2 Å². The Morgan fingerprint density at radius 2 is 1.87 bits per heavy atom. The number of anilines is 1. The van der Waals surface area contributed by atoms with Gasteiger partial charge in [-0.2, -0.15) is 0 Å². The number of carbonyl (C=O) groups is 1. The lowest BCUT2D eigenvalue weighted by molar-refractivity contribution is 0.0946. The van der Waals surface area contributed by atoms with Crippen molar-refractivity contribution in [2.75, 3.05) is 29.5 Å². The largest absolute Gasteiger partial charge is 0.355 e. The maximum absolute atomic E-state index is 12.4. The fourth-order valence-electron chi connectivity index (χ4n) is 3.11. The number of hydrogen-bond donors (Lipinski definition) is 1. The fraction of sp³-hybridized carbons (Fsp3) is 0.238. The van der Waals surface area contributed by atoms with Crippen LogP contribution in [0.2, 0.25) is 0 Å². The van der Waals surface area contributed by atoms with Gasteiger partial charge in [-0.1, -0.05) is 6.07 Å². The molecule has 154 valence electrons.